The minimum absolute atomic E-state index is 0.0312. The molecule has 2 N–H and O–H groups in total. The quantitative estimate of drug-likeness (QED) is 0.410. The molecule has 8 heteroatoms. The van der Waals surface area contributed by atoms with Gasteiger partial charge in [-0.2, -0.15) is 0 Å². The zero-order valence-electron chi connectivity index (χ0n) is 14.7. The molecule has 1 saturated heterocycles. The van der Waals surface area contributed by atoms with Crippen molar-refractivity contribution in [1.82, 2.24) is 9.37 Å². The van der Waals surface area contributed by atoms with Gasteiger partial charge in [-0.25, -0.2) is 8.42 Å². The Kier molecular flexibility index (Phi) is 8.93. The second kappa shape index (κ2) is 10.7. The van der Waals surface area contributed by atoms with E-state index in [1.165, 1.54) is 4.47 Å². The van der Waals surface area contributed by atoms with Gasteiger partial charge in [0.05, 0.1) is 31.6 Å². The van der Waals surface area contributed by atoms with E-state index in [9.17, 15) is 8.42 Å². The lowest BCUT2D eigenvalue weighted by Crippen LogP contribution is -2.46. The van der Waals surface area contributed by atoms with Gasteiger partial charge in [-0.15, -0.1) is 0 Å². The van der Waals surface area contributed by atoms with Gasteiger partial charge in [-0.3, -0.25) is 9.74 Å². The Morgan fingerprint density at radius 2 is 1.83 bits per heavy atom. The van der Waals surface area contributed by atoms with Crippen LogP contribution in [0.4, 0.5) is 0 Å². The van der Waals surface area contributed by atoms with Gasteiger partial charge < -0.3 is 10.5 Å². The highest BCUT2D eigenvalue weighted by Crippen LogP contribution is 2.28. The molecule has 0 spiro atoms. The number of sulfonamides is 1. The predicted octanol–water partition coefficient (Wildman–Crippen LogP) is 0.954. The van der Waals surface area contributed by atoms with Crippen LogP contribution in [0.2, 0.25) is 0 Å². The molecule has 0 unspecified atom stereocenters. The second-order valence-electron chi connectivity index (χ2n) is 6.65. The third kappa shape index (κ3) is 6.57. The van der Waals surface area contributed by atoms with Crippen LogP contribution in [0.1, 0.15) is 44.9 Å². The summed E-state index contributed by atoms with van der Waals surface area (Å²) in [5, 5.41) is 0. The number of hydroxylamine groups is 1. The lowest BCUT2D eigenvalue weighted by atomic mass is 9.94. The van der Waals surface area contributed by atoms with E-state index in [-0.39, 0.29) is 11.8 Å². The fourth-order valence-electron chi connectivity index (χ4n) is 2.97. The van der Waals surface area contributed by atoms with Crippen LogP contribution in [0.25, 0.3) is 0 Å². The number of ether oxygens (including phenoxy) is 1. The second-order valence-corrected chi connectivity index (χ2v) is 8.58. The molecule has 7 nitrogen and oxygen atoms in total. The van der Waals surface area contributed by atoms with E-state index in [2.05, 4.69) is 4.90 Å². The summed E-state index contributed by atoms with van der Waals surface area (Å²) in [7, 11) is -3.34. The molecule has 0 aromatic carbocycles. The maximum Gasteiger partial charge on any atom is 0.236 e. The van der Waals surface area contributed by atoms with Gasteiger partial charge in [-0.05, 0) is 32.2 Å². The van der Waals surface area contributed by atoms with E-state index in [0.717, 1.165) is 71.4 Å². The molecule has 2 fully saturated rings. The zero-order chi connectivity index (χ0) is 17.3. The van der Waals surface area contributed by atoms with Crippen LogP contribution in [0.5, 0.6) is 0 Å². The van der Waals surface area contributed by atoms with Crippen LogP contribution >= 0.6 is 0 Å². The molecule has 0 radical (unpaired) electrons. The van der Waals surface area contributed by atoms with Crippen LogP contribution < -0.4 is 5.73 Å². The first kappa shape index (κ1) is 20.1. The molecule has 0 amide bonds. The number of hydrogen-bond acceptors (Lipinski definition) is 6. The van der Waals surface area contributed by atoms with Crippen LogP contribution in [-0.4, -0.2) is 75.6 Å². The zero-order valence-corrected chi connectivity index (χ0v) is 15.5. The smallest absolute Gasteiger partial charge is 0.236 e. The summed E-state index contributed by atoms with van der Waals surface area (Å²) >= 11 is 0. The van der Waals surface area contributed by atoms with Crippen LogP contribution in [0, 0.1) is 0 Å². The Morgan fingerprint density at radius 1 is 1.12 bits per heavy atom. The number of unbranched alkanes of at least 4 members (excludes halogenated alkanes) is 3. The standard InChI is InChI=1S/C16H33N3O4S/c17-8-3-1-2-4-15-24(20,21)19(16-6-5-7-16)23-14-11-18-9-12-22-13-10-18/h16H,1-15,17H2. The number of nitrogens with two attached hydrogens (primary N) is 1. The summed E-state index contributed by atoms with van der Waals surface area (Å²) in [6, 6.07) is 0.0312. The molecular weight excluding hydrogens is 330 g/mol. The third-order valence-electron chi connectivity index (χ3n) is 4.73. The minimum atomic E-state index is -3.34. The molecular formula is C16H33N3O4S. The summed E-state index contributed by atoms with van der Waals surface area (Å²) in [5.74, 6) is 0.172. The maximum absolute atomic E-state index is 12.6. The topological polar surface area (TPSA) is 85.1 Å². The van der Waals surface area contributed by atoms with E-state index in [1.807, 2.05) is 0 Å². The third-order valence-corrected chi connectivity index (χ3v) is 6.49. The Morgan fingerprint density at radius 3 is 2.46 bits per heavy atom. The molecule has 2 rings (SSSR count). The van der Waals surface area contributed by atoms with E-state index in [1.54, 1.807) is 0 Å². The first-order chi connectivity index (χ1) is 11.6. The monoisotopic (exact) mass is 363 g/mol. The molecule has 1 aliphatic carbocycles. The van der Waals surface area contributed by atoms with Gasteiger partial charge in [0.15, 0.2) is 0 Å². The van der Waals surface area contributed by atoms with Crippen LogP contribution in [0.15, 0.2) is 0 Å². The highest BCUT2D eigenvalue weighted by molar-refractivity contribution is 7.88. The summed E-state index contributed by atoms with van der Waals surface area (Å²) in [6.45, 7) is 5.11. The summed E-state index contributed by atoms with van der Waals surface area (Å²) < 4.78 is 31.9. The molecule has 2 aliphatic rings. The lowest BCUT2D eigenvalue weighted by molar-refractivity contribution is -0.135. The van der Waals surface area contributed by atoms with Gasteiger partial charge >= 0.3 is 0 Å². The molecule has 1 heterocycles. The fourth-order valence-corrected chi connectivity index (χ4v) is 4.62. The highest BCUT2D eigenvalue weighted by atomic mass is 32.2. The van der Waals surface area contributed by atoms with Crippen molar-refractivity contribution in [1.29, 1.82) is 0 Å². The lowest BCUT2D eigenvalue weighted by Gasteiger charge is -2.36. The average molecular weight is 364 g/mol. The molecule has 1 aliphatic heterocycles. The Labute approximate surface area is 146 Å². The molecule has 1 saturated carbocycles. The highest BCUT2D eigenvalue weighted by Gasteiger charge is 2.34. The Bertz CT molecular complexity index is 437. The summed E-state index contributed by atoms with van der Waals surface area (Å²) in [4.78, 5) is 7.99. The van der Waals surface area contributed by atoms with Gasteiger partial charge in [0.25, 0.3) is 0 Å². The van der Waals surface area contributed by atoms with E-state index in [4.69, 9.17) is 15.3 Å². The van der Waals surface area contributed by atoms with Crippen molar-refractivity contribution in [3.63, 3.8) is 0 Å². The van der Waals surface area contributed by atoms with Gasteiger partial charge in [-0.1, -0.05) is 23.7 Å². The number of nitrogens with zero attached hydrogens (tertiary/aromatic N) is 2. The first-order valence-corrected chi connectivity index (χ1v) is 10.9. The largest absolute Gasteiger partial charge is 0.379 e. The number of morpholine rings is 1. The van der Waals surface area contributed by atoms with Crippen LogP contribution in [0.3, 0.4) is 0 Å². The normalized spacial score (nSPS) is 20.4. The molecule has 24 heavy (non-hydrogen) atoms. The van der Waals surface area contributed by atoms with Crippen molar-refractivity contribution in [3.8, 4) is 0 Å². The molecule has 0 aromatic rings. The SMILES string of the molecule is NCCCCCCS(=O)(=O)N(OCCN1CCOCC1)C1CCC1. The molecule has 0 aromatic heterocycles. The summed E-state index contributed by atoms with van der Waals surface area (Å²) in [5.41, 5.74) is 5.47. The molecule has 0 bridgehead atoms. The first-order valence-electron chi connectivity index (χ1n) is 9.28. The van der Waals surface area contributed by atoms with Gasteiger partial charge in [0.1, 0.15) is 0 Å². The van der Waals surface area contributed by atoms with Gasteiger partial charge in [0, 0.05) is 19.6 Å². The predicted molar refractivity (Wildman–Crippen MR) is 94.0 cm³/mol. The molecule has 142 valence electrons. The summed E-state index contributed by atoms with van der Waals surface area (Å²) in [6.07, 6.45) is 6.44. The van der Waals surface area contributed by atoms with Crippen molar-refractivity contribution in [2.24, 2.45) is 5.73 Å². The van der Waals surface area contributed by atoms with Crippen molar-refractivity contribution in [2.75, 3.05) is 51.8 Å². The van der Waals surface area contributed by atoms with E-state index < -0.39 is 10.0 Å². The average Bonchev–Trinajstić information content (AvgIpc) is 2.53. The van der Waals surface area contributed by atoms with Crippen LogP contribution in [-0.2, 0) is 19.6 Å². The number of hydrogen-bond donors (Lipinski definition) is 1. The van der Waals surface area contributed by atoms with Crippen molar-refractivity contribution in [2.45, 2.75) is 51.0 Å². The Balaban J connectivity index is 1.75. The Hall–Kier alpha value is -0.250. The van der Waals surface area contributed by atoms with Gasteiger partial charge in [0.2, 0.25) is 10.0 Å². The molecule has 0 atom stereocenters. The van der Waals surface area contributed by atoms with Crippen molar-refractivity contribution >= 4 is 10.0 Å². The van der Waals surface area contributed by atoms with E-state index >= 15 is 0 Å². The fraction of sp³-hybridized carbons (Fsp3) is 1.00. The number of rotatable bonds is 12. The minimum Gasteiger partial charge on any atom is -0.379 e. The van der Waals surface area contributed by atoms with Crippen molar-refractivity contribution in [3.05, 3.63) is 0 Å². The van der Waals surface area contributed by atoms with Crippen molar-refractivity contribution < 1.29 is 18.0 Å². The maximum atomic E-state index is 12.6. The van der Waals surface area contributed by atoms with E-state index in [0.29, 0.717) is 19.6 Å².